The van der Waals surface area contributed by atoms with Gasteiger partial charge in [0.05, 0.1) is 16.6 Å². The minimum Gasteiger partial charge on any atom is -0.478 e. The summed E-state index contributed by atoms with van der Waals surface area (Å²) in [5, 5.41) is 8.93. The van der Waals surface area contributed by atoms with Gasteiger partial charge in [-0.2, -0.15) is 0 Å². The number of rotatable bonds is 4. The molecule has 2 rings (SSSR count). The average Bonchev–Trinajstić information content (AvgIpc) is 2.67. The number of aromatic nitrogens is 2. The second-order valence-electron chi connectivity index (χ2n) is 3.79. The lowest BCUT2D eigenvalue weighted by molar-refractivity contribution is 0.0697. The topological polar surface area (TPSA) is 55.1 Å². The summed E-state index contributed by atoms with van der Waals surface area (Å²) in [4.78, 5) is 15.3. The first-order valence-electron chi connectivity index (χ1n) is 5.50. The van der Waals surface area contributed by atoms with E-state index in [9.17, 15) is 4.79 Å². The highest BCUT2D eigenvalue weighted by molar-refractivity contribution is 5.92. The average molecular weight is 230 g/mol. The Labute approximate surface area is 99.2 Å². The standard InChI is InChI=1S/C13H14N2O2/c1-3-7-15-11-6-5-9(13(16)17)8-10(11)14-12(15)4-2/h3,5-6,8H,1,4,7H2,2H3,(H,16,17). The van der Waals surface area contributed by atoms with Gasteiger partial charge in [0.1, 0.15) is 5.82 Å². The minimum absolute atomic E-state index is 0.267. The predicted octanol–water partition coefficient (Wildman–Crippen LogP) is 2.48. The zero-order valence-electron chi connectivity index (χ0n) is 9.68. The summed E-state index contributed by atoms with van der Waals surface area (Å²) < 4.78 is 2.05. The molecule has 17 heavy (non-hydrogen) atoms. The van der Waals surface area contributed by atoms with Crippen molar-refractivity contribution < 1.29 is 9.90 Å². The number of carboxylic acid groups (broad SMARTS) is 1. The maximum atomic E-state index is 10.9. The molecule has 0 unspecified atom stereocenters. The number of fused-ring (bicyclic) bond motifs is 1. The first-order chi connectivity index (χ1) is 8.17. The fourth-order valence-electron chi connectivity index (χ4n) is 1.92. The first-order valence-corrected chi connectivity index (χ1v) is 5.50. The highest BCUT2D eigenvalue weighted by atomic mass is 16.4. The Morgan fingerprint density at radius 2 is 2.35 bits per heavy atom. The van der Waals surface area contributed by atoms with Crippen molar-refractivity contribution in [3.05, 3.63) is 42.2 Å². The molecule has 0 aliphatic heterocycles. The molecule has 1 heterocycles. The van der Waals surface area contributed by atoms with Gasteiger partial charge in [0, 0.05) is 13.0 Å². The highest BCUT2D eigenvalue weighted by Gasteiger charge is 2.10. The summed E-state index contributed by atoms with van der Waals surface area (Å²) in [6, 6.07) is 5.01. The molecule has 0 radical (unpaired) electrons. The molecule has 2 aromatic rings. The van der Waals surface area contributed by atoms with Crippen molar-refractivity contribution >= 4 is 17.0 Å². The number of allylic oxidation sites excluding steroid dienone is 1. The quantitative estimate of drug-likeness (QED) is 0.821. The molecule has 0 saturated heterocycles. The monoisotopic (exact) mass is 230 g/mol. The minimum atomic E-state index is -0.928. The largest absolute Gasteiger partial charge is 0.478 e. The molecule has 0 bridgehead atoms. The summed E-state index contributed by atoms with van der Waals surface area (Å²) in [6.07, 6.45) is 2.62. The lowest BCUT2D eigenvalue weighted by Gasteiger charge is -2.03. The number of imidazole rings is 1. The van der Waals surface area contributed by atoms with E-state index in [0.717, 1.165) is 23.3 Å². The van der Waals surface area contributed by atoms with E-state index < -0.39 is 5.97 Å². The molecule has 0 atom stereocenters. The summed E-state index contributed by atoms with van der Waals surface area (Å²) >= 11 is 0. The van der Waals surface area contributed by atoms with E-state index in [1.54, 1.807) is 18.2 Å². The molecule has 1 aromatic carbocycles. The van der Waals surface area contributed by atoms with Crippen molar-refractivity contribution in [3.8, 4) is 0 Å². The van der Waals surface area contributed by atoms with Gasteiger partial charge >= 0.3 is 5.97 Å². The van der Waals surface area contributed by atoms with E-state index in [4.69, 9.17) is 5.11 Å². The van der Waals surface area contributed by atoms with Crippen LogP contribution in [-0.2, 0) is 13.0 Å². The van der Waals surface area contributed by atoms with Crippen molar-refractivity contribution in [1.29, 1.82) is 0 Å². The molecule has 0 saturated carbocycles. The van der Waals surface area contributed by atoms with Crippen LogP contribution in [0.2, 0.25) is 0 Å². The lowest BCUT2D eigenvalue weighted by Crippen LogP contribution is -2.00. The smallest absolute Gasteiger partial charge is 0.335 e. The maximum absolute atomic E-state index is 10.9. The van der Waals surface area contributed by atoms with Gasteiger partial charge in [-0.3, -0.25) is 0 Å². The fourth-order valence-corrected chi connectivity index (χ4v) is 1.92. The van der Waals surface area contributed by atoms with Crippen molar-refractivity contribution in [3.63, 3.8) is 0 Å². The number of aryl methyl sites for hydroxylation is 1. The summed E-state index contributed by atoms with van der Waals surface area (Å²) in [7, 11) is 0. The SMILES string of the molecule is C=CCn1c(CC)nc2cc(C(=O)O)ccc21. The van der Waals surface area contributed by atoms with Crippen LogP contribution in [0.25, 0.3) is 11.0 Å². The van der Waals surface area contributed by atoms with Gasteiger partial charge in [-0.25, -0.2) is 9.78 Å². The highest BCUT2D eigenvalue weighted by Crippen LogP contribution is 2.18. The zero-order chi connectivity index (χ0) is 12.4. The second-order valence-corrected chi connectivity index (χ2v) is 3.79. The van der Waals surface area contributed by atoms with Crippen LogP contribution in [0.5, 0.6) is 0 Å². The fraction of sp³-hybridized carbons (Fsp3) is 0.231. The molecule has 4 nitrogen and oxygen atoms in total. The van der Waals surface area contributed by atoms with Crippen molar-refractivity contribution in [1.82, 2.24) is 9.55 Å². The van der Waals surface area contributed by atoms with Crippen LogP contribution in [0.3, 0.4) is 0 Å². The number of hydrogen-bond acceptors (Lipinski definition) is 2. The number of carboxylic acids is 1. The van der Waals surface area contributed by atoms with Crippen molar-refractivity contribution in [2.45, 2.75) is 19.9 Å². The summed E-state index contributed by atoms with van der Waals surface area (Å²) in [5.41, 5.74) is 1.94. The van der Waals surface area contributed by atoms with Gasteiger partial charge < -0.3 is 9.67 Å². The third-order valence-electron chi connectivity index (χ3n) is 2.70. The third kappa shape index (κ3) is 1.93. The van der Waals surface area contributed by atoms with Crippen LogP contribution in [0.15, 0.2) is 30.9 Å². The Morgan fingerprint density at radius 3 is 2.94 bits per heavy atom. The van der Waals surface area contributed by atoms with Gasteiger partial charge in [-0.15, -0.1) is 6.58 Å². The Hall–Kier alpha value is -2.10. The molecule has 0 aliphatic rings. The van der Waals surface area contributed by atoms with Crippen LogP contribution in [0, 0.1) is 0 Å². The second kappa shape index (κ2) is 4.41. The zero-order valence-corrected chi connectivity index (χ0v) is 9.68. The molecule has 0 spiro atoms. The Morgan fingerprint density at radius 1 is 1.59 bits per heavy atom. The van der Waals surface area contributed by atoms with Crippen LogP contribution in [-0.4, -0.2) is 20.6 Å². The first kappa shape index (κ1) is 11.4. The van der Waals surface area contributed by atoms with E-state index in [0.29, 0.717) is 6.54 Å². The Balaban J connectivity index is 2.64. The maximum Gasteiger partial charge on any atom is 0.335 e. The van der Waals surface area contributed by atoms with E-state index >= 15 is 0 Å². The number of carbonyl (C=O) groups is 1. The van der Waals surface area contributed by atoms with E-state index in [1.165, 1.54) is 0 Å². The number of aromatic carboxylic acids is 1. The van der Waals surface area contributed by atoms with E-state index in [2.05, 4.69) is 11.6 Å². The van der Waals surface area contributed by atoms with Crippen LogP contribution in [0.4, 0.5) is 0 Å². The van der Waals surface area contributed by atoms with Crippen LogP contribution >= 0.6 is 0 Å². The molecule has 1 aromatic heterocycles. The third-order valence-corrected chi connectivity index (χ3v) is 2.70. The molecule has 1 N–H and O–H groups in total. The van der Waals surface area contributed by atoms with Crippen LogP contribution < -0.4 is 0 Å². The van der Waals surface area contributed by atoms with Crippen LogP contribution in [0.1, 0.15) is 23.1 Å². The molecule has 0 fully saturated rings. The molecule has 4 heteroatoms. The summed E-state index contributed by atoms with van der Waals surface area (Å²) in [5.74, 6) is 0.0191. The number of nitrogens with zero attached hydrogens (tertiary/aromatic N) is 2. The van der Waals surface area contributed by atoms with Gasteiger partial charge in [0.15, 0.2) is 0 Å². The number of benzene rings is 1. The van der Waals surface area contributed by atoms with Gasteiger partial charge in [0.2, 0.25) is 0 Å². The normalized spacial score (nSPS) is 10.6. The molecular weight excluding hydrogens is 216 g/mol. The molecule has 88 valence electrons. The predicted molar refractivity (Wildman–Crippen MR) is 66.3 cm³/mol. The molecular formula is C13H14N2O2. The summed E-state index contributed by atoms with van der Waals surface area (Å²) in [6.45, 7) is 6.43. The number of hydrogen-bond donors (Lipinski definition) is 1. The van der Waals surface area contributed by atoms with Crippen molar-refractivity contribution in [2.24, 2.45) is 0 Å². The van der Waals surface area contributed by atoms with Crippen molar-refractivity contribution in [2.75, 3.05) is 0 Å². The van der Waals surface area contributed by atoms with Gasteiger partial charge in [-0.05, 0) is 18.2 Å². The molecule has 0 amide bonds. The van der Waals surface area contributed by atoms with Gasteiger partial charge in [0.25, 0.3) is 0 Å². The van der Waals surface area contributed by atoms with E-state index in [1.807, 2.05) is 17.6 Å². The Kier molecular flexibility index (Phi) is 2.95. The Bertz CT molecular complexity index is 584. The lowest BCUT2D eigenvalue weighted by atomic mass is 10.2. The van der Waals surface area contributed by atoms with E-state index in [-0.39, 0.29) is 5.56 Å². The molecule has 0 aliphatic carbocycles. The van der Waals surface area contributed by atoms with Gasteiger partial charge in [-0.1, -0.05) is 13.0 Å².